The van der Waals surface area contributed by atoms with Gasteiger partial charge in [-0.1, -0.05) is 18.2 Å². The highest BCUT2D eigenvalue weighted by atomic mass is 16.5. The number of carbonyl (C=O) groups excluding carboxylic acids is 1. The van der Waals surface area contributed by atoms with Crippen LogP contribution in [0.1, 0.15) is 12.8 Å². The Morgan fingerprint density at radius 3 is 2.46 bits per heavy atom. The third-order valence-electron chi connectivity index (χ3n) is 2.09. The summed E-state index contributed by atoms with van der Waals surface area (Å²) < 4.78 is 5.01. The maximum atomic E-state index is 11.3. The van der Waals surface area contributed by atoms with E-state index < -0.39 is 11.5 Å². The van der Waals surface area contributed by atoms with Gasteiger partial charge < -0.3 is 4.74 Å². The van der Waals surface area contributed by atoms with Crippen LogP contribution in [0.5, 0.6) is 5.75 Å². The van der Waals surface area contributed by atoms with Gasteiger partial charge in [0, 0.05) is 0 Å². The van der Waals surface area contributed by atoms with Crippen LogP contribution in [0, 0.1) is 0 Å². The molecule has 0 bridgehead atoms. The van der Waals surface area contributed by atoms with Crippen LogP contribution in [0.25, 0.3) is 0 Å². The average molecular weight is 176 g/mol. The van der Waals surface area contributed by atoms with Crippen molar-refractivity contribution in [2.75, 3.05) is 0 Å². The molecule has 0 spiro atoms. The Labute approximate surface area is 76.5 Å². The van der Waals surface area contributed by atoms with Crippen LogP contribution in [0.4, 0.5) is 0 Å². The highest BCUT2D eigenvalue weighted by Crippen LogP contribution is 2.35. The second kappa shape index (κ2) is 2.85. The van der Waals surface area contributed by atoms with E-state index in [0.717, 1.165) is 0 Å². The van der Waals surface area contributed by atoms with Crippen molar-refractivity contribution in [1.29, 1.82) is 0 Å². The molecule has 0 amide bonds. The molecule has 0 heterocycles. The van der Waals surface area contributed by atoms with Crippen LogP contribution in [-0.2, 0) is 4.79 Å². The Morgan fingerprint density at radius 1 is 1.31 bits per heavy atom. The molecule has 1 aliphatic rings. The van der Waals surface area contributed by atoms with E-state index in [1.54, 1.807) is 24.3 Å². The van der Waals surface area contributed by atoms with Crippen molar-refractivity contribution < 1.29 is 9.53 Å². The second-order valence-electron chi connectivity index (χ2n) is 3.28. The van der Waals surface area contributed by atoms with Gasteiger partial charge in [-0.15, -0.1) is 0 Å². The van der Waals surface area contributed by atoms with Gasteiger partial charge in [0.2, 0.25) is 0 Å². The predicted octanol–water partition coefficient (Wildman–Crippen LogP) is 1.41. The first-order valence-corrected chi connectivity index (χ1v) is 4.23. The van der Waals surface area contributed by atoms with Crippen LogP contribution in [0.3, 0.4) is 0 Å². The highest BCUT2D eigenvalue weighted by Gasteiger charge is 2.48. The van der Waals surface area contributed by atoms with E-state index in [-0.39, 0.29) is 0 Å². The maximum Gasteiger partial charge on any atom is 0.333 e. The normalized spacial score (nSPS) is 17.9. The minimum atomic E-state index is -0.949. The van der Waals surface area contributed by atoms with Crippen LogP contribution in [0.15, 0.2) is 30.3 Å². The number of para-hydroxylation sites is 1. The van der Waals surface area contributed by atoms with Crippen molar-refractivity contribution in [1.82, 2.24) is 5.73 Å². The van der Waals surface area contributed by atoms with Crippen LogP contribution in [0.2, 0.25) is 0 Å². The minimum Gasteiger partial charge on any atom is -0.425 e. The summed E-state index contributed by atoms with van der Waals surface area (Å²) in [5.74, 6) is 0.0877. The molecule has 1 aliphatic carbocycles. The number of carbonyl (C=O) groups is 1. The molecule has 1 saturated carbocycles. The largest absolute Gasteiger partial charge is 0.425 e. The van der Waals surface area contributed by atoms with E-state index in [2.05, 4.69) is 0 Å². The molecule has 1 aromatic rings. The van der Waals surface area contributed by atoms with Crippen molar-refractivity contribution in [3.63, 3.8) is 0 Å². The lowest BCUT2D eigenvalue weighted by Crippen LogP contribution is -2.28. The molecule has 0 aromatic heterocycles. The number of rotatable bonds is 2. The van der Waals surface area contributed by atoms with Gasteiger partial charge in [-0.3, -0.25) is 0 Å². The summed E-state index contributed by atoms with van der Waals surface area (Å²) in [5, 5.41) is 0. The third kappa shape index (κ3) is 1.70. The average Bonchev–Trinajstić information content (AvgIpc) is 2.87. The molecule has 3 heteroatoms. The summed E-state index contributed by atoms with van der Waals surface area (Å²) in [6.07, 6.45) is 1.25. The fraction of sp³-hybridized carbons (Fsp3) is 0.300. The van der Waals surface area contributed by atoms with E-state index >= 15 is 0 Å². The molecule has 3 nitrogen and oxygen atoms in total. The van der Waals surface area contributed by atoms with Gasteiger partial charge in [0.05, 0.1) is 0 Å². The summed E-state index contributed by atoms with van der Waals surface area (Å²) in [7, 11) is 0. The van der Waals surface area contributed by atoms with E-state index in [1.807, 2.05) is 6.07 Å². The Kier molecular flexibility index (Phi) is 1.81. The van der Waals surface area contributed by atoms with Gasteiger partial charge in [-0.2, -0.15) is 0 Å². The van der Waals surface area contributed by atoms with E-state index in [4.69, 9.17) is 10.5 Å². The van der Waals surface area contributed by atoms with Crippen molar-refractivity contribution in [2.45, 2.75) is 18.4 Å². The molecule has 0 aliphatic heterocycles. The molecule has 0 atom stereocenters. The topological polar surface area (TPSA) is 50.1 Å². The maximum absolute atomic E-state index is 11.3. The monoisotopic (exact) mass is 176 g/mol. The molecule has 1 N–H and O–H groups in total. The summed E-state index contributed by atoms with van der Waals surface area (Å²) in [5.41, 5.74) is 6.58. The van der Waals surface area contributed by atoms with Gasteiger partial charge in [-0.25, -0.2) is 10.5 Å². The molecule has 1 fully saturated rings. The van der Waals surface area contributed by atoms with Gasteiger partial charge in [-0.05, 0) is 25.0 Å². The van der Waals surface area contributed by atoms with Crippen LogP contribution >= 0.6 is 0 Å². The van der Waals surface area contributed by atoms with Gasteiger partial charge in [0.1, 0.15) is 11.3 Å². The van der Waals surface area contributed by atoms with E-state index in [0.29, 0.717) is 18.6 Å². The molecular weight excluding hydrogens is 166 g/mol. The number of esters is 1. The Hall–Kier alpha value is -1.35. The van der Waals surface area contributed by atoms with Crippen LogP contribution < -0.4 is 10.5 Å². The van der Waals surface area contributed by atoms with Crippen molar-refractivity contribution in [3.8, 4) is 5.75 Å². The zero-order chi connectivity index (χ0) is 9.31. The highest BCUT2D eigenvalue weighted by molar-refractivity contribution is 5.85. The molecule has 1 aromatic carbocycles. The smallest absolute Gasteiger partial charge is 0.333 e. The Bertz CT molecular complexity index is 317. The molecule has 0 saturated heterocycles. The molecular formula is C10H10NO2. The second-order valence-corrected chi connectivity index (χ2v) is 3.28. The fourth-order valence-corrected chi connectivity index (χ4v) is 1.02. The summed E-state index contributed by atoms with van der Waals surface area (Å²) in [4.78, 5) is 11.3. The zero-order valence-corrected chi connectivity index (χ0v) is 7.12. The SMILES string of the molecule is [NH]C1(C(=O)Oc2ccccc2)CC1. The summed E-state index contributed by atoms with van der Waals surface area (Å²) in [6.45, 7) is 0. The number of ether oxygens (including phenoxy) is 1. The molecule has 2 rings (SSSR count). The number of hydrogen-bond acceptors (Lipinski definition) is 2. The van der Waals surface area contributed by atoms with Crippen LogP contribution in [-0.4, -0.2) is 11.5 Å². The molecule has 0 unspecified atom stereocenters. The first-order chi connectivity index (χ1) is 6.21. The Morgan fingerprint density at radius 2 is 1.92 bits per heavy atom. The summed E-state index contributed by atoms with van der Waals surface area (Å²) >= 11 is 0. The van der Waals surface area contributed by atoms with E-state index in [9.17, 15) is 4.79 Å². The van der Waals surface area contributed by atoms with Crippen molar-refractivity contribution in [3.05, 3.63) is 30.3 Å². The number of nitrogens with one attached hydrogen (secondary N) is 1. The first kappa shape index (κ1) is 8.26. The predicted molar refractivity (Wildman–Crippen MR) is 47.1 cm³/mol. The van der Waals surface area contributed by atoms with Crippen molar-refractivity contribution in [2.24, 2.45) is 0 Å². The number of benzene rings is 1. The number of hydrogen-bond donors (Lipinski definition) is 0. The molecule has 67 valence electrons. The lowest BCUT2D eigenvalue weighted by atomic mass is 10.3. The standard InChI is InChI=1S/C10H10NO2/c11-10(6-7-10)9(12)13-8-4-2-1-3-5-8/h1-5,11H,6-7H2. The Balaban J connectivity index is 2.03. The van der Waals surface area contributed by atoms with Crippen molar-refractivity contribution >= 4 is 5.97 Å². The molecule has 1 radical (unpaired) electrons. The van der Waals surface area contributed by atoms with Gasteiger partial charge in [0.15, 0.2) is 0 Å². The van der Waals surface area contributed by atoms with Gasteiger partial charge in [0.25, 0.3) is 0 Å². The first-order valence-electron chi connectivity index (χ1n) is 4.23. The lowest BCUT2D eigenvalue weighted by Gasteiger charge is -2.07. The third-order valence-corrected chi connectivity index (χ3v) is 2.09. The quantitative estimate of drug-likeness (QED) is 0.505. The van der Waals surface area contributed by atoms with E-state index in [1.165, 1.54) is 0 Å². The van der Waals surface area contributed by atoms with Gasteiger partial charge >= 0.3 is 5.97 Å². The lowest BCUT2D eigenvalue weighted by molar-refractivity contribution is -0.137. The molecule has 13 heavy (non-hydrogen) atoms. The summed E-state index contributed by atoms with van der Waals surface area (Å²) in [6, 6.07) is 8.87. The minimum absolute atomic E-state index is 0.432. The fourth-order valence-electron chi connectivity index (χ4n) is 1.02. The zero-order valence-electron chi connectivity index (χ0n) is 7.12.